The molecule has 2 N–H and O–H groups in total. The minimum Gasteiger partial charge on any atom is -0.375 e. The topological polar surface area (TPSA) is 48.1 Å². The highest BCUT2D eigenvalue weighted by Gasteiger charge is 2.27. The van der Waals surface area contributed by atoms with Crippen LogP contribution in [0.1, 0.15) is 5.69 Å². The molecule has 0 aliphatic carbocycles. The Balaban J connectivity index is 2.16. The number of ether oxygens (including phenoxy) is 1. The van der Waals surface area contributed by atoms with Crippen LogP contribution in [0.2, 0.25) is 0 Å². The summed E-state index contributed by atoms with van der Waals surface area (Å²) in [7, 11) is 0. The second kappa shape index (κ2) is 4.61. The first kappa shape index (κ1) is 11.3. The van der Waals surface area contributed by atoms with Crippen molar-refractivity contribution in [3.8, 4) is 0 Å². The lowest BCUT2D eigenvalue weighted by Gasteiger charge is -2.06. The summed E-state index contributed by atoms with van der Waals surface area (Å²) in [4.78, 5) is 3.88. The summed E-state index contributed by atoms with van der Waals surface area (Å²) in [5.74, 6) is 0. The molecule has 7 heteroatoms. The maximum absolute atomic E-state index is 11.6. The van der Waals surface area contributed by atoms with E-state index in [2.05, 4.69) is 9.72 Å². The Hall–Kier alpha value is -0.820. The number of nitrogen functional groups attached to an aromatic ring is 1. The van der Waals surface area contributed by atoms with E-state index in [1.54, 1.807) is 5.38 Å². The van der Waals surface area contributed by atoms with E-state index in [4.69, 9.17) is 5.73 Å². The minimum atomic E-state index is -4.26. The van der Waals surface area contributed by atoms with Gasteiger partial charge < -0.3 is 10.5 Å². The molecule has 0 atom stereocenters. The minimum absolute atomic E-state index is 0.00266. The van der Waals surface area contributed by atoms with Gasteiger partial charge in [-0.15, -0.1) is 11.3 Å². The van der Waals surface area contributed by atoms with Gasteiger partial charge in [-0.3, -0.25) is 0 Å². The zero-order valence-corrected chi connectivity index (χ0v) is 7.99. The first-order valence-electron chi connectivity index (χ1n) is 3.82. The molecule has 0 aliphatic rings. The number of thiazole rings is 1. The van der Waals surface area contributed by atoms with Gasteiger partial charge >= 0.3 is 6.18 Å². The Morgan fingerprint density at radius 3 is 2.71 bits per heavy atom. The van der Waals surface area contributed by atoms with Gasteiger partial charge in [0.2, 0.25) is 0 Å². The van der Waals surface area contributed by atoms with E-state index in [9.17, 15) is 13.2 Å². The van der Waals surface area contributed by atoms with Crippen molar-refractivity contribution in [2.24, 2.45) is 0 Å². The highest BCUT2D eigenvalue weighted by Crippen LogP contribution is 2.15. The summed E-state index contributed by atoms with van der Waals surface area (Å²) in [5.41, 5.74) is 6.00. The lowest BCUT2D eigenvalue weighted by atomic mass is 10.4. The average molecular weight is 226 g/mol. The zero-order valence-electron chi connectivity index (χ0n) is 7.17. The van der Waals surface area contributed by atoms with Crippen molar-refractivity contribution in [2.45, 2.75) is 12.6 Å². The molecule has 1 aromatic heterocycles. The lowest BCUT2D eigenvalue weighted by Crippen LogP contribution is -2.18. The fourth-order valence-corrected chi connectivity index (χ4v) is 1.40. The van der Waals surface area contributed by atoms with Gasteiger partial charge in [-0.25, -0.2) is 4.98 Å². The predicted octanol–water partition coefficient (Wildman–Crippen LogP) is 1.85. The Kier molecular flexibility index (Phi) is 3.70. The van der Waals surface area contributed by atoms with Gasteiger partial charge in [-0.2, -0.15) is 13.2 Å². The molecule has 0 radical (unpaired) electrons. The van der Waals surface area contributed by atoms with Gasteiger partial charge in [-0.1, -0.05) is 0 Å². The largest absolute Gasteiger partial charge is 0.411 e. The molecule has 0 saturated heterocycles. The third-order valence-electron chi connectivity index (χ3n) is 1.34. The van der Waals surface area contributed by atoms with Crippen molar-refractivity contribution in [3.05, 3.63) is 11.1 Å². The van der Waals surface area contributed by atoms with Crippen LogP contribution in [0.5, 0.6) is 0 Å². The number of hydrogen-bond acceptors (Lipinski definition) is 4. The van der Waals surface area contributed by atoms with Crippen LogP contribution in [0.15, 0.2) is 5.38 Å². The van der Waals surface area contributed by atoms with Crippen LogP contribution in [0, 0.1) is 0 Å². The SMILES string of the molecule is Nc1nc(CCOCC(F)(F)F)cs1. The molecule has 0 aliphatic heterocycles. The summed E-state index contributed by atoms with van der Waals surface area (Å²) in [5, 5.41) is 2.11. The summed E-state index contributed by atoms with van der Waals surface area (Å²) >= 11 is 1.26. The van der Waals surface area contributed by atoms with Gasteiger partial charge in [0.25, 0.3) is 0 Å². The predicted molar refractivity (Wildman–Crippen MR) is 47.1 cm³/mol. The number of aromatic nitrogens is 1. The average Bonchev–Trinajstić information content (AvgIpc) is 2.44. The molecule has 0 fully saturated rings. The molecule has 14 heavy (non-hydrogen) atoms. The number of nitrogens with two attached hydrogens (primary N) is 1. The molecule has 80 valence electrons. The van der Waals surface area contributed by atoms with Crippen molar-refractivity contribution in [1.29, 1.82) is 0 Å². The molecule has 0 aromatic carbocycles. The van der Waals surface area contributed by atoms with Crippen LogP contribution in [-0.4, -0.2) is 24.4 Å². The van der Waals surface area contributed by atoms with Crippen molar-refractivity contribution < 1.29 is 17.9 Å². The van der Waals surface area contributed by atoms with Crippen LogP contribution in [0.25, 0.3) is 0 Å². The smallest absolute Gasteiger partial charge is 0.375 e. The van der Waals surface area contributed by atoms with Crippen LogP contribution < -0.4 is 5.73 Å². The fourth-order valence-electron chi connectivity index (χ4n) is 0.802. The highest BCUT2D eigenvalue weighted by atomic mass is 32.1. The number of hydrogen-bond donors (Lipinski definition) is 1. The number of halogens is 3. The van der Waals surface area contributed by atoms with Gasteiger partial charge in [-0.05, 0) is 0 Å². The molecule has 1 aromatic rings. The van der Waals surface area contributed by atoms with Crippen molar-refractivity contribution in [1.82, 2.24) is 4.98 Å². The fraction of sp³-hybridized carbons (Fsp3) is 0.571. The number of anilines is 1. The van der Waals surface area contributed by atoms with Gasteiger partial charge in [0.1, 0.15) is 6.61 Å². The third-order valence-corrected chi connectivity index (χ3v) is 2.06. The monoisotopic (exact) mass is 226 g/mol. The first-order chi connectivity index (χ1) is 6.47. The summed E-state index contributed by atoms with van der Waals surface area (Å²) in [6, 6.07) is 0. The van der Waals surface area contributed by atoms with Crippen molar-refractivity contribution in [3.63, 3.8) is 0 Å². The maximum Gasteiger partial charge on any atom is 0.411 e. The zero-order chi connectivity index (χ0) is 10.6. The Morgan fingerprint density at radius 2 is 2.21 bits per heavy atom. The Labute approximate surface area is 82.7 Å². The van der Waals surface area contributed by atoms with E-state index in [1.165, 1.54) is 11.3 Å². The first-order valence-corrected chi connectivity index (χ1v) is 4.70. The molecular formula is C7H9F3N2OS. The van der Waals surface area contributed by atoms with Gasteiger partial charge in [0, 0.05) is 11.8 Å². The number of nitrogens with zero attached hydrogens (tertiary/aromatic N) is 1. The summed E-state index contributed by atoms with van der Waals surface area (Å²) in [6.45, 7) is -1.21. The summed E-state index contributed by atoms with van der Waals surface area (Å²) in [6.07, 6.45) is -3.91. The van der Waals surface area contributed by atoms with E-state index in [1.807, 2.05) is 0 Å². The molecule has 0 spiro atoms. The molecular weight excluding hydrogens is 217 g/mol. The second-order valence-corrected chi connectivity index (χ2v) is 3.48. The standard InChI is InChI=1S/C7H9F3N2OS/c8-7(9,10)4-13-2-1-5-3-14-6(11)12-5/h3H,1-2,4H2,(H2,11,12). The molecule has 1 rings (SSSR count). The molecule has 0 unspecified atom stereocenters. The highest BCUT2D eigenvalue weighted by molar-refractivity contribution is 7.13. The van der Waals surface area contributed by atoms with Crippen molar-refractivity contribution >= 4 is 16.5 Å². The van der Waals surface area contributed by atoms with Crippen molar-refractivity contribution in [2.75, 3.05) is 18.9 Å². The van der Waals surface area contributed by atoms with E-state index < -0.39 is 12.8 Å². The number of alkyl halides is 3. The van der Waals surface area contributed by atoms with E-state index in [0.717, 1.165) is 0 Å². The van der Waals surface area contributed by atoms with E-state index in [0.29, 0.717) is 17.2 Å². The maximum atomic E-state index is 11.6. The quantitative estimate of drug-likeness (QED) is 0.797. The van der Waals surface area contributed by atoms with Gasteiger partial charge in [0.15, 0.2) is 5.13 Å². The normalized spacial score (nSPS) is 11.9. The molecule has 0 amide bonds. The second-order valence-electron chi connectivity index (χ2n) is 2.59. The Bertz CT molecular complexity index is 287. The Morgan fingerprint density at radius 1 is 1.50 bits per heavy atom. The summed E-state index contributed by atoms with van der Waals surface area (Å²) < 4.78 is 39.3. The van der Waals surface area contributed by atoms with Crippen LogP contribution >= 0.6 is 11.3 Å². The molecule has 1 heterocycles. The number of rotatable bonds is 4. The van der Waals surface area contributed by atoms with Crippen LogP contribution in [0.3, 0.4) is 0 Å². The molecule has 3 nitrogen and oxygen atoms in total. The van der Waals surface area contributed by atoms with E-state index >= 15 is 0 Å². The van der Waals surface area contributed by atoms with Crippen LogP contribution in [-0.2, 0) is 11.2 Å². The molecule has 0 bridgehead atoms. The molecule has 0 saturated carbocycles. The van der Waals surface area contributed by atoms with Crippen LogP contribution in [0.4, 0.5) is 18.3 Å². The van der Waals surface area contributed by atoms with E-state index in [-0.39, 0.29) is 6.61 Å². The lowest BCUT2D eigenvalue weighted by molar-refractivity contribution is -0.173. The third kappa shape index (κ3) is 4.43. The van der Waals surface area contributed by atoms with Gasteiger partial charge in [0.05, 0.1) is 12.3 Å².